The molecule has 5 nitrogen and oxygen atoms in total. The SMILES string of the molecule is CN1C2CCCC1CC(N1CC3COc4ccccc4N3C1=O)C2. The van der Waals surface area contributed by atoms with Crippen molar-refractivity contribution in [1.29, 1.82) is 0 Å². The van der Waals surface area contributed by atoms with E-state index in [-0.39, 0.29) is 12.1 Å². The molecule has 0 spiro atoms. The molecular formula is C19H25N3O2. The lowest BCUT2D eigenvalue weighted by atomic mass is 9.82. The Labute approximate surface area is 143 Å². The van der Waals surface area contributed by atoms with E-state index in [4.69, 9.17) is 4.74 Å². The van der Waals surface area contributed by atoms with Crippen LogP contribution in [0.5, 0.6) is 5.75 Å². The molecule has 1 aromatic rings. The van der Waals surface area contributed by atoms with Crippen LogP contribution in [-0.2, 0) is 0 Å². The first kappa shape index (κ1) is 14.6. The van der Waals surface area contributed by atoms with Crippen LogP contribution in [0.15, 0.2) is 24.3 Å². The van der Waals surface area contributed by atoms with Crippen molar-refractivity contribution in [2.45, 2.75) is 56.3 Å². The molecule has 2 amide bonds. The summed E-state index contributed by atoms with van der Waals surface area (Å²) < 4.78 is 5.88. The summed E-state index contributed by atoms with van der Waals surface area (Å²) in [5, 5.41) is 0. The summed E-state index contributed by atoms with van der Waals surface area (Å²) in [6.45, 7) is 1.42. The van der Waals surface area contributed by atoms with E-state index in [1.807, 2.05) is 29.2 Å². The molecule has 3 fully saturated rings. The second-order valence-corrected chi connectivity index (χ2v) is 7.77. The maximum absolute atomic E-state index is 13.2. The number of urea groups is 1. The Bertz CT molecular complexity index is 650. The molecule has 0 aliphatic carbocycles. The molecule has 24 heavy (non-hydrogen) atoms. The average molecular weight is 327 g/mol. The first-order valence-electron chi connectivity index (χ1n) is 9.26. The number of fused-ring (bicyclic) bond motifs is 5. The third-order valence-corrected chi connectivity index (χ3v) is 6.54. The molecule has 0 radical (unpaired) electrons. The van der Waals surface area contributed by atoms with Gasteiger partial charge in [-0.2, -0.15) is 0 Å². The standard InChI is InChI=1S/C19H25N3O2/c1-20-13-5-4-6-14(20)10-15(9-13)21-11-16-12-24-18-8-3-2-7-17(18)22(16)19(21)23/h2-3,7-8,13-16H,4-6,9-12H2,1H3. The van der Waals surface area contributed by atoms with Crippen LogP contribution >= 0.6 is 0 Å². The van der Waals surface area contributed by atoms with Crippen LogP contribution < -0.4 is 9.64 Å². The monoisotopic (exact) mass is 327 g/mol. The van der Waals surface area contributed by atoms with Crippen LogP contribution in [0.25, 0.3) is 0 Å². The molecule has 0 saturated carbocycles. The van der Waals surface area contributed by atoms with Crippen molar-refractivity contribution in [3.63, 3.8) is 0 Å². The topological polar surface area (TPSA) is 36.0 Å². The fraction of sp³-hybridized carbons (Fsp3) is 0.632. The smallest absolute Gasteiger partial charge is 0.325 e. The van der Waals surface area contributed by atoms with Gasteiger partial charge in [-0.3, -0.25) is 4.90 Å². The number of ether oxygens (including phenoxy) is 1. The summed E-state index contributed by atoms with van der Waals surface area (Å²) >= 11 is 0. The molecule has 4 aliphatic rings. The van der Waals surface area contributed by atoms with E-state index in [0.717, 1.165) is 30.8 Å². The van der Waals surface area contributed by atoms with Crippen molar-refractivity contribution in [2.75, 3.05) is 25.1 Å². The summed E-state index contributed by atoms with van der Waals surface area (Å²) in [5.41, 5.74) is 0.939. The molecule has 4 heterocycles. The Morgan fingerprint density at radius 1 is 1.04 bits per heavy atom. The highest BCUT2D eigenvalue weighted by atomic mass is 16.5. The van der Waals surface area contributed by atoms with Crippen LogP contribution in [0.4, 0.5) is 10.5 Å². The normalized spacial score (nSPS) is 35.5. The van der Waals surface area contributed by atoms with Gasteiger partial charge in [0.15, 0.2) is 0 Å². The zero-order valence-corrected chi connectivity index (χ0v) is 14.2. The summed E-state index contributed by atoms with van der Waals surface area (Å²) in [7, 11) is 2.27. The Morgan fingerprint density at radius 2 is 1.79 bits per heavy atom. The summed E-state index contributed by atoms with van der Waals surface area (Å²) in [6.07, 6.45) is 6.16. The molecule has 128 valence electrons. The van der Waals surface area contributed by atoms with Crippen molar-refractivity contribution in [1.82, 2.24) is 9.80 Å². The van der Waals surface area contributed by atoms with E-state index in [1.54, 1.807) is 0 Å². The predicted octanol–water partition coefficient (Wildman–Crippen LogP) is 2.70. The number of nitrogens with zero attached hydrogens (tertiary/aromatic N) is 3. The predicted molar refractivity (Wildman–Crippen MR) is 92.5 cm³/mol. The number of anilines is 1. The lowest BCUT2D eigenvalue weighted by molar-refractivity contribution is 0.0240. The summed E-state index contributed by atoms with van der Waals surface area (Å²) in [4.78, 5) is 19.9. The van der Waals surface area contributed by atoms with Gasteiger partial charge in [-0.25, -0.2) is 4.79 Å². The van der Waals surface area contributed by atoms with Crippen molar-refractivity contribution in [3.8, 4) is 5.75 Å². The van der Waals surface area contributed by atoms with Crippen LogP contribution in [0, 0.1) is 0 Å². The second kappa shape index (κ2) is 5.38. The quantitative estimate of drug-likeness (QED) is 0.796. The van der Waals surface area contributed by atoms with Gasteiger partial charge in [0.05, 0.1) is 11.7 Å². The maximum Gasteiger partial charge on any atom is 0.325 e. The number of carbonyl (C=O) groups excluding carboxylic acids is 1. The van der Waals surface area contributed by atoms with Gasteiger partial charge in [0.1, 0.15) is 12.4 Å². The van der Waals surface area contributed by atoms with Crippen molar-refractivity contribution in [3.05, 3.63) is 24.3 Å². The molecule has 2 bridgehead atoms. The van der Waals surface area contributed by atoms with E-state index in [9.17, 15) is 4.79 Å². The fourth-order valence-electron chi connectivity index (χ4n) is 5.22. The molecular weight excluding hydrogens is 302 g/mol. The Hall–Kier alpha value is -1.75. The molecule has 3 atom stereocenters. The van der Waals surface area contributed by atoms with E-state index >= 15 is 0 Å². The second-order valence-electron chi connectivity index (χ2n) is 7.77. The first-order valence-corrected chi connectivity index (χ1v) is 9.26. The van der Waals surface area contributed by atoms with Gasteiger partial charge in [-0.15, -0.1) is 0 Å². The third kappa shape index (κ3) is 2.07. The first-order chi connectivity index (χ1) is 11.7. The van der Waals surface area contributed by atoms with E-state index in [0.29, 0.717) is 24.7 Å². The number of carbonyl (C=O) groups is 1. The molecule has 0 N–H and O–H groups in total. The van der Waals surface area contributed by atoms with E-state index in [2.05, 4.69) is 16.8 Å². The molecule has 3 unspecified atom stereocenters. The van der Waals surface area contributed by atoms with Crippen molar-refractivity contribution < 1.29 is 9.53 Å². The molecule has 0 aromatic heterocycles. The van der Waals surface area contributed by atoms with E-state index < -0.39 is 0 Å². The minimum Gasteiger partial charge on any atom is -0.489 e. The molecule has 4 aliphatic heterocycles. The average Bonchev–Trinajstić information content (AvgIpc) is 2.92. The van der Waals surface area contributed by atoms with E-state index in [1.165, 1.54) is 19.3 Å². The largest absolute Gasteiger partial charge is 0.489 e. The summed E-state index contributed by atoms with van der Waals surface area (Å²) in [6, 6.07) is 9.95. The molecule has 5 heteroatoms. The van der Waals surface area contributed by atoms with Gasteiger partial charge in [0.25, 0.3) is 0 Å². The van der Waals surface area contributed by atoms with Gasteiger partial charge < -0.3 is 14.5 Å². The number of rotatable bonds is 1. The summed E-state index contributed by atoms with van der Waals surface area (Å²) in [5.74, 6) is 0.837. The van der Waals surface area contributed by atoms with Gasteiger partial charge >= 0.3 is 6.03 Å². The Balaban J connectivity index is 1.41. The number of benzene rings is 1. The molecule has 5 rings (SSSR count). The van der Waals surface area contributed by atoms with Gasteiger partial charge in [0, 0.05) is 24.7 Å². The molecule has 3 saturated heterocycles. The number of piperidine rings is 2. The number of para-hydroxylation sites is 2. The van der Waals surface area contributed by atoms with Crippen LogP contribution in [0.3, 0.4) is 0 Å². The highest BCUT2D eigenvalue weighted by Gasteiger charge is 2.47. The van der Waals surface area contributed by atoms with Crippen molar-refractivity contribution in [2.24, 2.45) is 0 Å². The van der Waals surface area contributed by atoms with Crippen LogP contribution in [0.1, 0.15) is 32.1 Å². The minimum atomic E-state index is 0.159. The number of amides is 2. The number of hydrogen-bond acceptors (Lipinski definition) is 3. The van der Waals surface area contributed by atoms with Crippen molar-refractivity contribution >= 4 is 11.7 Å². The maximum atomic E-state index is 13.2. The molecule has 1 aromatic carbocycles. The minimum absolute atomic E-state index is 0.159. The fourth-order valence-corrected chi connectivity index (χ4v) is 5.22. The van der Waals surface area contributed by atoms with Gasteiger partial charge in [0.2, 0.25) is 0 Å². The highest BCUT2D eigenvalue weighted by molar-refractivity contribution is 5.97. The van der Waals surface area contributed by atoms with Crippen LogP contribution in [-0.4, -0.2) is 60.2 Å². The van der Waals surface area contributed by atoms with Gasteiger partial charge in [-0.1, -0.05) is 18.6 Å². The highest BCUT2D eigenvalue weighted by Crippen LogP contribution is 2.41. The van der Waals surface area contributed by atoms with Gasteiger partial charge in [-0.05, 0) is 44.9 Å². The Kier molecular flexibility index (Phi) is 3.27. The van der Waals surface area contributed by atoms with Crippen LogP contribution in [0.2, 0.25) is 0 Å². The Morgan fingerprint density at radius 3 is 2.58 bits per heavy atom. The number of hydrogen-bond donors (Lipinski definition) is 0. The third-order valence-electron chi connectivity index (χ3n) is 6.54. The zero-order chi connectivity index (χ0) is 16.3. The zero-order valence-electron chi connectivity index (χ0n) is 14.2. The lowest BCUT2D eigenvalue weighted by Crippen LogP contribution is -2.56. The lowest BCUT2D eigenvalue weighted by Gasteiger charge is -2.48.